The summed E-state index contributed by atoms with van der Waals surface area (Å²) in [5.41, 5.74) is 1.61. The molecule has 2 heterocycles. The summed E-state index contributed by atoms with van der Waals surface area (Å²) in [6.07, 6.45) is 5.06. The molecular weight excluding hydrogens is 340 g/mol. The molecule has 2 amide bonds. The van der Waals surface area contributed by atoms with Crippen molar-refractivity contribution in [3.63, 3.8) is 0 Å². The van der Waals surface area contributed by atoms with Crippen LogP contribution >= 0.6 is 11.6 Å². The number of aliphatic hydroxyl groups excluding tert-OH is 1. The highest BCUT2D eigenvalue weighted by Crippen LogP contribution is 2.63. The first kappa shape index (κ1) is 16.7. The summed E-state index contributed by atoms with van der Waals surface area (Å²) < 4.78 is 0. The normalized spacial score (nSPS) is 21.3. The van der Waals surface area contributed by atoms with Crippen molar-refractivity contribution < 1.29 is 9.90 Å². The van der Waals surface area contributed by atoms with Gasteiger partial charge in [-0.1, -0.05) is 11.6 Å². The number of halogens is 1. The number of H-pyrrole nitrogens is 1. The number of hydrogen-bond acceptors (Lipinski definition) is 3. The van der Waals surface area contributed by atoms with E-state index in [1.807, 2.05) is 17.0 Å². The number of carbonyl (C=O) groups excluding carboxylic acids is 1. The summed E-state index contributed by atoms with van der Waals surface area (Å²) >= 11 is 6.25. The zero-order valence-electron chi connectivity index (χ0n) is 14.3. The fourth-order valence-electron chi connectivity index (χ4n) is 4.44. The number of amides is 2. The predicted molar refractivity (Wildman–Crippen MR) is 96.5 cm³/mol. The number of rotatable bonds is 3. The van der Waals surface area contributed by atoms with Gasteiger partial charge < -0.3 is 15.3 Å². The van der Waals surface area contributed by atoms with Crippen LogP contribution in [0, 0.1) is 11.3 Å². The third-order valence-electron chi connectivity index (χ3n) is 6.02. The Morgan fingerprint density at radius 1 is 1.44 bits per heavy atom. The lowest BCUT2D eigenvalue weighted by Gasteiger charge is -2.38. The number of aromatic amines is 1. The molecule has 2 fully saturated rings. The Morgan fingerprint density at radius 2 is 2.16 bits per heavy atom. The zero-order valence-corrected chi connectivity index (χ0v) is 15.0. The van der Waals surface area contributed by atoms with Crippen LogP contribution in [0.3, 0.4) is 0 Å². The average Bonchev–Trinajstić information content (AvgIpc) is 3.31. The molecular formula is C18H23ClN4O2. The quantitative estimate of drug-likeness (QED) is 0.784. The number of piperidine rings is 1. The number of carbonyl (C=O) groups is 1. The number of aromatic nitrogens is 2. The fourth-order valence-corrected chi connectivity index (χ4v) is 4.67. The van der Waals surface area contributed by atoms with E-state index in [0.717, 1.165) is 55.2 Å². The van der Waals surface area contributed by atoms with E-state index in [9.17, 15) is 9.90 Å². The summed E-state index contributed by atoms with van der Waals surface area (Å²) in [6, 6.07) is 3.70. The van der Waals surface area contributed by atoms with Crippen LogP contribution in [-0.2, 0) is 0 Å². The number of aliphatic hydroxyl groups is 1. The first-order chi connectivity index (χ1) is 12.0. The highest BCUT2D eigenvalue weighted by atomic mass is 35.5. The van der Waals surface area contributed by atoms with Gasteiger partial charge in [0.1, 0.15) is 0 Å². The fraction of sp³-hybridized carbons (Fsp3) is 0.556. The van der Waals surface area contributed by atoms with Crippen molar-refractivity contribution in [2.75, 3.05) is 20.1 Å². The molecule has 2 aliphatic rings. The molecule has 0 radical (unpaired) electrons. The highest BCUT2D eigenvalue weighted by molar-refractivity contribution is 6.31. The van der Waals surface area contributed by atoms with Crippen molar-refractivity contribution >= 4 is 28.5 Å². The lowest BCUT2D eigenvalue weighted by molar-refractivity contribution is 0.0308. The van der Waals surface area contributed by atoms with Crippen molar-refractivity contribution in [1.82, 2.24) is 20.4 Å². The number of urea groups is 1. The van der Waals surface area contributed by atoms with E-state index in [2.05, 4.69) is 15.5 Å². The second-order valence-corrected chi connectivity index (χ2v) is 7.72. The molecule has 1 aromatic carbocycles. The third kappa shape index (κ3) is 2.77. The Morgan fingerprint density at radius 3 is 2.80 bits per heavy atom. The summed E-state index contributed by atoms with van der Waals surface area (Å²) in [7, 11) is 1.66. The molecule has 3 N–H and O–H groups in total. The van der Waals surface area contributed by atoms with Gasteiger partial charge in [0, 0.05) is 41.5 Å². The Labute approximate surface area is 151 Å². The molecule has 1 saturated heterocycles. The molecule has 134 valence electrons. The van der Waals surface area contributed by atoms with Crippen LogP contribution in [0.15, 0.2) is 18.3 Å². The number of hydrogen-bond donors (Lipinski definition) is 3. The summed E-state index contributed by atoms with van der Waals surface area (Å²) in [5.74, 6) is 0.417. The van der Waals surface area contributed by atoms with Gasteiger partial charge in [-0.05, 0) is 43.7 Å². The number of fused-ring (bicyclic) bond motifs is 1. The van der Waals surface area contributed by atoms with Crippen molar-refractivity contribution in [3.8, 4) is 0 Å². The Hall–Kier alpha value is -1.79. The van der Waals surface area contributed by atoms with Crippen LogP contribution in [0.1, 0.15) is 37.4 Å². The standard InChI is InChI=1S/C18H23ClN4O2/c1-20-17(25)23-6-2-12(3-7-23)18(4-5-18)16(24)14-9-13(19)8-11-10-21-22-15(11)14/h8-10,12,16,24H,2-7H2,1H3,(H,20,25)(H,21,22). The molecule has 4 rings (SSSR count). The van der Waals surface area contributed by atoms with Crippen LogP contribution < -0.4 is 5.32 Å². The van der Waals surface area contributed by atoms with Crippen molar-refractivity contribution in [3.05, 3.63) is 28.9 Å². The molecule has 1 aliphatic carbocycles. The maximum absolute atomic E-state index is 11.8. The van der Waals surface area contributed by atoms with Crippen molar-refractivity contribution in [1.29, 1.82) is 0 Å². The third-order valence-corrected chi connectivity index (χ3v) is 6.24. The second kappa shape index (κ2) is 6.18. The Kier molecular flexibility index (Phi) is 4.12. The van der Waals surface area contributed by atoms with Crippen LogP contribution in [0.4, 0.5) is 4.79 Å². The number of nitrogens with one attached hydrogen (secondary N) is 2. The maximum atomic E-state index is 11.8. The van der Waals surface area contributed by atoms with Crippen LogP contribution in [0.2, 0.25) is 5.02 Å². The molecule has 1 unspecified atom stereocenters. The minimum Gasteiger partial charge on any atom is -0.388 e. The van der Waals surface area contributed by atoms with Gasteiger partial charge in [0.15, 0.2) is 0 Å². The Balaban J connectivity index is 1.57. The lowest BCUT2D eigenvalue weighted by atomic mass is 9.76. The molecule has 25 heavy (non-hydrogen) atoms. The molecule has 1 saturated carbocycles. The smallest absolute Gasteiger partial charge is 0.317 e. The molecule has 0 spiro atoms. The van der Waals surface area contributed by atoms with Gasteiger partial charge >= 0.3 is 6.03 Å². The number of nitrogens with zero attached hydrogens (tertiary/aromatic N) is 2. The monoisotopic (exact) mass is 362 g/mol. The molecule has 6 nitrogen and oxygen atoms in total. The van der Waals surface area contributed by atoms with Crippen LogP contribution in [-0.4, -0.2) is 46.4 Å². The Bertz CT molecular complexity index is 793. The first-order valence-corrected chi connectivity index (χ1v) is 9.20. The van der Waals surface area contributed by atoms with E-state index >= 15 is 0 Å². The summed E-state index contributed by atoms with van der Waals surface area (Å²) in [5, 5.41) is 22.5. The minimum absolute atomic E-state index is 0.0159. The molecule has 1 aliphatic heterocycles. The van der Waals surface area contributed by atoms with E-state index < -0.39 is 6.10 Å². The summed E-state index contributed by atoms with van der Waals surface area (Å²) in [6.45, 7) is 1.49. The van der Waals surface area contributed by atoms with Gasteiger partial charge in [-0.15, -0.1) is 0 Å². The topological polar surface area (TPSA) is 81.2 Å². The second-order valence-electron chi connectivity index (χ2n) is 7.28. The number of likely N-dealkylation sites (tertiary alicyclic amines) is 1. The largest absolute Gasteiger partial charge is 0.388 e. The molecule has 7 heteroatoms. The average molecular weight is 363 g/mol. The van der Waals surface area contributed by atoms with Gasteiger partial charge in [0.2, 0.25) is 0 Å². The van der Waals surface area contributed by atoms with E-state index in [4.69, 9.17) is 11.6 Å². The predicted octanol–water partition coefficient (Wildman–Crippen LogP) is 3.08. The van der Waals surface area contributed by atoms with Gasteiger partial charge in [-0.25, -0.2) is 4.79 Å². The van der Waals surface area contributed by atoms with E-state index in [0.29, 0.717) is 10.9 Å². The highest BCUT2D eigenvalue weighted by Gasteiger charge is 2.55. The van der Waals surface area contributed by atoms with Gasteiger partial charge in [-0.2, -0.15) is 5.10 Å². The molecule has 0 bridgehead atoms. The van der Waals surface area contributed by atoms with Gasteiger partial charge in [0.25, 0.3) is 0 Å². The summed E-state index contributed by atoms with van der Waals surface area (Å²) in [4.78, 5) is 13.6. The van der Waals surface area contributed by atoms with Crippen molar-refractivity contribution in [2.24, 2.45) is 11.3 Å². The molecule has 2 aromatic rings. The lowest BCUT2D eigenvalue weighted by Crippen LogP contribution is -2.45. The first-order valence-electron chi connectivity index (χ1n) is 8.82. The molecule has 1 atom stereocenters. The van der Waals surface area contributed by atoms with Crippen LogP contribution in [0.25, 0.3) is 10.9 Å². The minimum atomic E-state index is -0.564. The van der Waals surface area contributed by atoms with Gasteiger partial charge in [0.05, 0.1) is 17.8 Å². The van der Waals surface area contributed by atoms with E-state index in [1.54, 1.807) is 13.2 Å². The van der Waals surface area contributed by atoms with Crippen molar-refractivity contribution in [2.45, 2.75) is 31.8 Å². The molecule has 1 aromatic heterocycles. The van der Waals surface area contributed by atoms with E-state index in [1.165, 1.54) is 0 Å². The van der Waals surface area contributed by atoms with Gasteiger partial charge in [-0.3, -0.25) is 5.10 Å². The van der Waals surface area contributed by atoms with E-state index in [-0.39, 0.29) is 11.4 Å². The van der Waals surface area contributed by atoms with Crippen LogP contribution in [0.5, 0.6) is 0 Å². The zero-order chi connectivity index (χ0) is 17.6. The number of benzene rings is 1. The maximum Gasteiger partial charge on any atom is 0.317 e. The SMILES string of the molecule is CNC(=O)N1CCC(C2(C(O)c3cc(Cl)cc4cn[nH]c34)CC2)CC1.